The van der Waals surface area contributed by atoms with Crippen molar-refractivity contribution in [1.82, 2.24) is 4.90 Å². The maximum atomic E-state index is 11.6. The van der Waals surface area contributed by atoms with Crippen LogP contribution in [0, 0.1) is 23.2 Å². The summed E-state index contributed by atoms with van der Waals surface area (Å²) in [7, 11) is -0.927. The molecule has 0 saturated carbocycles. The van der Waals surface area contributed by atoms with Crippen LogP contribution in [0.4, 0.5) is 5.69 Å². The molecule has 0 aliphatic carbocycles. The third kappa shape index (κ3) is 6.63. The molecule has 37 heavy (non-hydrogen) atoms. The molecule has 3 unspecified atom stereocenters. The Bertz CT molecular complexity index is 1030. The molecule has 2 aromatic carbocycles. The Hall–Kier alpha value is -2.20. The molecule has 2 saturated heterocycles. The fourth-order valence-electron chi connectivity index (χ4n) is 6.34. The maximum Gasteiger partial charge on any atom is 0.0876 e. The Morgan fingerprint density at radius 1 is 1.08 bits per heavy atom. The second kappa shape index (κ2) is 13.0. The van der Waals surface area contributed by atoms with Crippen LogP contribution in [0.25, 0.3) is 0 Å². The Labute approximate surface area is 226 Å². The summed E-state index contributed by atoms with van der Waals surface area (Å²) in [5, 5.41) is 10.7. The Morgan fingerprint density at radius 2 is 1.76 bits per heavy atom. The summed E-state index contributed by atoms with van der Waals surface area (Å²) in [5.74, 6) is 1.02. The van der Waals surface area contributed by atoms with Crippen LogP contribution in [0.5, 0.6) is 0 Å². The molecule has 2 heterocycles. The summed E-state index contributed by atoms with van der Waals surface area (Å²) in [6, 6.07) is 21.5. The fourth-order valence-corrected chi connectivity index (χ4v) is 6.86. The van der Waals surface area contributed by atoms with E-state index < -0.39 is 16.2 Å². The number of piperidine rings is 1. The maximum absolute atomic E-state index is 11.6. The smallest absolute Gasteiger partial charge is 0.0876 e. The van der Waals surface area contributed by atoms with Crippen molar-refractivity contribution in [2.75, 3.05) is 50.5 Å². The number of ether oxygens (including phenoxy) is 1. The van der Waals surface area contributed by atoms with E-state index in [1.54, 1.807) is 6.26 Å². The third-order valence-corrected chi connectivity index (χ3v) is 9.28. The van der Waals surface area contributed by atoms with E-state index in [1.807, 2.05) is 18.2 Å². The van der Waals surface area contributed by atoms with Crippen LogP contribution in [0.2, 0.25) is 0 Å². The Balaban J connectivity index is 1.35. The normalized spacial score (nSPS) is 20.5. The SMILES string of the molecule is CCCC(CC(C#N)(c1ccccc1)C1CCN(CC2CN(c3ccc(S(C)=O)cc3)C2)CC1)OCC. The van der Waals surface area contributed by atoms with Crippen molar-refractivity contribution < 1.29 is 8.95 Å². The summed E-state index contributed by atoms with van der Waals surface area (Å²) >= 11 is 0. The lowest BCUT2D eigenvalue weighted by molar-refractivity contribution is 0.0234. The Morgan fingerprint density at radius 3 is 2.32 bits per heavy atom. The second-order valence-electron chi connectivity index (χ2n) is 10.8. The number of hydrogen-bond donors (Lipinski definition) is 0. The Kier molecular flexibility index (Phi) is 9.81. The number of rotatable bonds is 12. The standard InChI is InChI=1S/C31H43N3O2S/c1-4-9-29(36-5-2)20-31(24-32,26-10-7-6-8-11-26)27-16-18-33(19-17-27)21-25-22-34(23-25)28-12-14-30(15-13-28)37(3)35/h6-8,10-15,25,27,29H,4-5,9,16-23H2,1-3H3. The molecule has 0 aromatic heterocycles. The topological polar surface area (TPSA) is 56.6 Å². The average molecular weight is 522 g/mol. The molecule has 2 fully saturated rings. The molecule has 0 bridgehead atoms. The van der Waals surface area contributed by atoms with Gasteiger partial charge in [0.25, 0.3) is 0 Å². The van der Waals surface area contributed by atoms with Gasteiger partial charge in [-0.15, -0.1) is 0 Å². The molecule has 2 aliphatic rings. The first-order chi connectivity index (χ1) is 18.0. The van der Waals surface area contributed by atoms with Gasteiger partial charge in [-0.1, -0.05) is 43.7 Å². The van der Waals surface area contributed by atoms with Crippen LogP contribution in [-0.2, 0) is 21.0 Å². The van der Waals surface area contributed by atoms with E-state index >= 15 is 0 Å². The highest BCUT2D eigenvalue weighted by molar-refractivity contribution is 7.84. The van der Waals surface area contributed by atoms with Gasteiger partial charge >= 0.3 is 0 Å². The van der Waals surface area contributed by atoms with Gasteiger partial charge in [0.05, 0.1) is 17.6 Å². The van der Waals surface area contributed by atoms with Gasteiger partial charge in [-0.2, -0.15) is 5.26 Å². The highest BCUT2D eigenvalue weighted by atomic mass is 32.2. The van der Waals surface area contributed by atoms with Crippen molar-refractivity contribution in [3.63, 3.8) is 0 Å². The van der Waals surface area contributed by atoms with E-state index in [-0.39, 0.29) is 6.10 Å². The van der Waals surface area contributed by atoms with Gasteiger partial charge in [-0.05, 0) is 81.4 Å². The summed E-state index contributed by atoms with van der Waals surface area (Å²) in [4.78, 5) is 5.91. The molecule has 200 valence electrons. The molecular formula is C31H43N3O2S. The first-order valence-electron chi connectivity index (χ1n) is 14.0. The number of nitrogens with zero attached hydrogens (tertiary/aromatic N) is 3. The van der Waals surface area contributed by atoms with Gasteiger partial charge in [-0.3, -0.25) is 4.21 Å². The van der Waals surface area contributed by atoms with Crippen LogP contribution >= 0.6 is 0 Å². The van der Waals surface area contributed by atoms with Crippen molar-refractivity contribution in [2.24, 2.45) is 11.8 Å². The summed E-state index contributed by atoms with van der Waals surface area (Å²) in [6.07, 6.45) is 6.81. The third-order valence-electron chi connectivity index (χ3n) is 8.34. The summed E-state index contributed by atoms with van der Waals surface area (Å²) < 4.78 is 17.8. The van der Waals surface area contributed by atoms with Crippen molar-refractivity contribution >= 4 is 16.5 Å². The van der Waals surface area contributed by atoms with E-state index in [2.05, 4.69) is 66.1 Å². The molecule has 3 atom stereocenters. The van der Waals surface area contributed by atoms with E-state index in [0.29, 0.717) is 18.4 Å². The lowest BCUT2D eigenvalue weighted by Crippen LogP contribution is -2.53. The number of benzene rings is 2. The van der Waals surface area contributed by atoms with Crippen molar-refractivity contribution in [2.45, 2.75) is 62.4 Å². The lowest BCUT2D eigenvalue weighted by Gasteiger charge is -2.46. The molecule has 0 radical (unpaired) electrons. The highest BCUT2D eigenvalue weighted by Crippen LogP contribution is 2.43. The van der Waals surface area contributed by atoms with Crippen LogP contribution in [0.3, 0.4) is 0 Å². The molecule has 0 N–H and O–H groups in total. The van der Waals surface area contributed by atoms with E-state index in [4.69, 9.17) is 4.74 Å². The minimum Gasteiger partial charge on any atom is -0.378 e. The summed E-state index contributed by atoms with van der Waals surface area (Å²) in [5.41, 5.74) is 1.88. The monoisotopic (exact) mass is 521 g/mol. The number of nitriles is 1. The zero-order valence-corrected chi connectivity index (χ0v) is 23.6. The van der Waals surface area contributed by atoms with Crippen molar-refractivity contribution in [1.29, 1.82) is 5.26 Å². The molecule has 4 rings (SSSR count). The second-order valence-corrected chi connectivity index (χ2v) is 12.2. The number of hydrogen-bond acceptors (Lipinski definition) is 5. The van der Waals surface area contributed by atoms with Crippen molar-refractivity contribution in [3.05, 3.63) is 60.2 Å². The number of likely N-dealkylation sites (tertiary alicyclic amines) is 1. The van der Waals surface area contributed by atoms with Crippen LogP contribution in [0.15, 0.2) is 59.5 Å². The van der Waals surface area contributed by atoms with Crippen LogP contribution in [0.1, 0.15) is 51.5 Å². The minimum absolute atomic E-state index is 0.125. The molecule has 6 heteroatoms. The van der Waals surface area contributed by atoms with Crippen LogP contribution < -0.4 is 4.90 Å². The minimum atomic E-state index is -0.927. The van der Waals surface area contributed by atoms with Crippen LogP contribution in [-0.4, -0.2) is 60.8 Å². The molecule has 2 aromatic rings. The zero-order chi connectivity index (χ0) is 26.3. The van der Waals surface area contributed by atoms with Gasteiger partial charge in [-0.25, -0.2) is 0 Å². The van der Waals surface area contributed by atoms with Gasteiger partial charge in [0.15, 0.2) is 0 Å². The van der Waals surface area contributed by atoms with Gasteiger partial charge in [0.1, 0.15) is 0 Å². The largest absolute Gasteiger partial charge is 0.378 e. The number of anilines is 1. The summed E-state index contributed by atoms with van der Waals surface area (Å²) in [6.45, 7) is 10.3. The quantitative estimate of drug-likeness (QED) is 0.362. The predicted molar refractivity (Wildman–Crippen MR) is 152 cm³/mol. The van der Waals surface area contributed by atoms with Gasteiger partial charge < -0.3 is 14.5 Å². The predicted octanol–water partition coefficient (Wildman–Crippen LogP) is 5.63. The van der Waals surface area contributed by atoms with E-state index in [1.165, 1.54) is 5.69 Å². The van der Waals surface area contributed by atoms with Gasteiger partial charge in [0.2, 0.25) is 0 Å². The lowest BCUT2D eigenvalue weighted by atomic mass is 9.64. The van der Waals surface area contributed by atoms with E-state index in [0.717, 1.165) is 75.3 Å². The van der Waals surface area contributed by atoms with Gasteiger partial charge in [0, 0.05) is 59.8 Å². The fraction of sp³-hybridized carbons (Fsp3) is 0.581. The zero-order valence-electron chi connectivity index (χ0n) is 22.8. The molecular weight excluding hydrogens is 478 g/mol. The molecule has 0 amide bonds. The van der Waals surface area contributed by atoms with E-state index in [9.17, 15) is 9.47 Å². The first kappa shape index (κ1) is 27.8. The van der Waals surface area contributed by atoms with Crippen molar-refractivity contribution in [3.8, 4) is 6.07 Å². The molecule has 2 aliphatic heterocycles. The molecule has 0 spiro atoms. The first-order valence-corrected chi connectivity index (χ1v) is 15.5. The average Bonchev–Trinajstić information content (AvgIpc) is 2.90. The molecule has 5 nitrogen and oxygen atoms in total. The highest BCUT2D eigenvalue weighted by Gasteiger charge is 2.44.